The Morgan fingerprint density at radius 1 is 1.09 bits per heavy atom. The SMILES string of the molecule is COc1cc(C(=O)O[C@@H](C)CN2CCCC2)cc(OC)c1OC. The van der Waals surface area contributed by atoms with Gasteiger partial charge in [0, 0.05) is 6.54 Å². The molecule has 23 heavy (non-hydrogen) atoms. The lowest BCUT2D eigenvalue weighted by molar-refractivity contribution is 0.0270. The van der Waals surface area contributed by atoms with E-state index in [4.69, 9.17) is 18.9 Å². The van der Waals surface area contributed by atoms with Crippen LogP contribution in [0.4, 0.5) is 0 Å². The Kier molecular flexibility index (Phi) is 6.10. The molecule has 1 fully saturated rings. The highest BCUT2D eigenvalue weighted by Crippen LogP contribution is 2.38. The molecule has 0 aromatic heterocycles. The molecule has 1 aromatic rings. The molecule has 1 aliphatic rings. The molecule has 0 radical (unpaired) electrons. The summed E-state index contributed by atoms with van der Waals surface area (Å²) in [5, 5.41) is 0. The highest BCUT2D eigenvalue weighted by atomic mass is 16.5. The number of carbonyl (C=O) groups excluding carboxylic acids is 1. The van der Waals surface area contributed by atoms with Gasteiger partial charge in [-0.15, -0.1) is 0 Å². The van der Waals surface area contributed by atoms with Crippen molar-refractivity contribution < 1.29 is 23.7 Å². The van der Waals surface area contributed by atoms with Crippen molar-refractivity contribution in [3.8, 4) is 17.2 Å². The standard InChI is InChI=1S/C17H25NO5/c1-12(11-18-7-5-6-8-18)23-17(19)13-9-14(20-2)16(22-4)15(10-13)21-3/h9-10,12H,5-8,11H2,1-4H3/t12-/m0/s1. The minimum absolute atomic E-state index is 0.167. The molecule has 128 valence electrons. The quantitative estimate of drug-likeness (QED) is 0.718. The van der Waals surface area contributed by atoms with Gasteiger partial charge in [-0.2, -0.15) is 0 Å². The first-order valence-electron chi connectivity index (χ1n) is 7.82. The van der Waals surface area contributed by atoms with E-state index in [1.165, 1.54) is 34.2 Å². The van der Waals surface area contributed by atoms with Crippen molar-refractivity contribution in [3.05, 3.63) is 17.7 Å². The average molecular weight is 323 g/mol. The van der Waals surface area contributed by atoms with Crippen LogP contribution in [0.25, 0.3) is 0 Å². The minimum Gasteiger partial charge on any atom is -0.493 e. The minimum atomic E-state index is -0.393. The molecule has 6 nitrogen and oxygen atoms in total. The summed E-state index contributed by atoms with van der Waals surface area (Å²) < 4.78 is 21.3. The summed E-state index contributed by atoms with van der Waals surface area (Å²) in [6.45, 7) is 4.82. The molecule has 0 unspecified atom stereocenters. The summed E-state index contributed by atoms with van der Waals surface area (Å²) >= 11 is 0. The summed E-state index contributed by atoms with van der Waals surface area (Å²) in [5.74, 6) is 0.935. The maximum atomic E-state index is 12.4. The number of ether oxygens (including phenoxy) is 4. The Morgan fingerprint density at radius 3 is 2.13 bits per heavy atom. The van der Waals surface area contributed by atoms with Crippen LogP contribution in [0.15, 0.2) is 12.1 Å². The monoisotopic (exact) mass is 323 g/mol. The van der Waals surface area contributed by atoms with Crippen LogP contribution < -0.4 is 14.2 Å². The molecule has 1 saturated heterocycles. The lowest BCUT2D eigenvalue weighted by Gasteiger charge is -2.21. The zero-order valence-corrected chi connectivity index (χ0v) is 14.3. The smallest absolute Gasteiger partial charge is 0.338 e. The summed E-state index contributed by atoms with van der Waals surface area (Å²) in [6.07, 6.45) is 2.26. The Bertz CT molecular complexity index is 515. The lowest BCUT2D eigenvalue weighted by atomic mass is 10.2. The van der Waals surface area contributed by atoms with Crippen LogP contribution in [-0.2, 0) is 4.74 Å². The maximum absolute atomic E-state index is 12.4. The van der Waals surface area contributed by atoms with Gasteiger partial charge < -0.3 is 18.9 Å². The van der Waals surface area contributed by atoms with E-state index >= 15 is 0 Å². The van der Waals surface area contributed by atoms with Gasteiger partial charge in [0.2, 0.25) is 5.75 Å². The molecule has 0 amide bonds. The number of carbonyl (C=O) groups is 1. The number of likely N-dealkylation sites (tertiary alicyclic amines) is 1. The van der Waals surface area contributed by atoms with Gasteiger partial charge in [0.1, 0.15) is 6.10 Å². The normalized spacial score (nSPS) is 16.0. The molecular weight excluding hydrogens is 298 g/mol. The average Bonchev–Trinajstić information content (AvgIpc) is 3.05. The van der Waals surface area contributed by atoms with Crippen molar-refractivity contribution in [2.45, 2.75) is 25.9 Å². The third kappa shape index (κ3) is 4.28. The molecule has 0 N–H and O–H groups in total. The highest BCUT2D eigenvalue weighted by molar-refractivity contribution is 5.91. The molecule has 2 rings (SSSR count). The van der Waals surface area contributed by atoms with Crippen molar-refractivity contribution in [2.75, 3.05) is 41.0 Å². The van der Waals surface area contributed by atoms with Gasteiger partial charge in [-0.25, -0.2) is 4.79 Å². The number of hydrogen-bond acceptors (Lipinski definition) is 6. The van der Waals surface area contributed by atoms with Gasteiger partial charge in [0.25, 0.3) is 0 Å². The molecule has 0 spiro atoms. The fraction of sp³-hybridized carbons (Fsp3) is 0.588. The third-order valence-electron chi connectivity index (χ3n) is 3.92. The van der Waals surface area contributed by atoms with Crippen LogP contribution in [0.1, 0.15) is 30.1 Å². The van der Waals surface area contributed by atoms with E-state index < -0.39 is 5.97 Å². The molecule has 1 heterocycles. The van der Waals surface area contributed by atoms with Crippen molar-refractivity contribution in [3.63, 3.8) is 0 Å². The van der Waals surface area contributed by atoms with E-state index in [2.05, 4.69) is 4.90 Å². The van der Waals surface area contributed by atoms with Crippen LogP contribution in [0.2, 0.25) is 0 Å². The first-order valence-corrected chi connectivity index (χ1v) is 7.82. The Labute approximate surface area is 137 Å². The summed E-state index contributed by atoms with van der Waals surface area (Å²) in [7, 11) is 4.56. The Morgan fingerprint density at radius 2 is 1.65 bits per heavy atom. The highest BCUT2D eigenvalue weighted by Gasteiger charge is 2.21. The lowest BCUT2D eigenvalue weighted by Crippen LogP contribution is -2.31. The van der Waals surface area contributed by atoms with Crippen LogP contribution in [-0.4, -0.2) is 57.9 Å². The number of esters is 1. The van der Waals surface area contributed by atoms with Gasteiger partial charge >= 0.3 is 5.97 Å². The van der Waals surface area contributed by atoms with Crippen molar-refractivity contribution in [1.82, 2.24) is 4.90 Å². The molecule has 1 atom stereocenters. The summed E-state index contributed by atoms with van der Waals surface area (Å²) in [5.41, 5.74) is 0.382. The second kappa shape index (κ2) is 8.06. The fourth-order valence-electron chi connectivity index (χ4n) is 2.82. The first-order chi connectivity index (χ1) is 11.1. The molecule has 0 saturated carbocycles. The zero-order valence-electron chi connectivity index (χ0n) is 14.3. The summed E-state index contributed by atoms with van der Waals surface area (Å²) in [4.78, 5) is 14.7. The number of hydrogen-bond donors (Lipinski definition) is 0. The largest absolute Gasteiger partial charge is 0.493 e. The van der Waals surface area contributed by atoms with E-state index in [0.717, 1.165) is 19.6 Å². The van der Waals surface area contributed by atoms with E-state index in [0.29, 0.717) is 22.8 Å². The topological polar surface area (TPSA) is 57.2 Å². The number of rotatable bonds is 7. The Balaban J connectivity index is 2.08. The van der Waals surface area contributed by atoms with Crippen LogP contribution in [0, 0.1) is 0 Å². The van der Waals surface area contributed by atoms with Crippen molar-refractivity contribution in [2.24, 2.45) is 0 Å². The van der Waals surface area contributed by atoms with E-state index in [9.17, 15) is 4.79 Å². The predicted molar refractivity (Wildman–Crippen MR) is 86.6 cm³/mol. The first kappa shape index (κ1) is 17.4. The number of methoxy groups -OCH3 is 3. The maximum Gasteiger partial charge on any atom is 0.338 e. The van der Waals surface area contributed by atoms with E-state index in [-0.39, 0.29) is 6.10 Å². The molecule has 1 aromatic carbocycles. The number of benzene rings is 1. The van der Waals surface area contributed by atoms with Gasteiger partial charge in [0.15, 0.2) is 11.5 Å². The van der Waals surface area contributed by atoms with Crippen LogP contribution >= 0.6 is 0 Å². The van der Waals surface area contributed by atoms with Crippen LogP contribution in [0.3, 0.4) is 0 Å². The molecule has 1 aliphatic heterocycles. The summed E-state index contributed by atoms with van der Waals surface area (Å²) in [6, 6.07) is 3.21. The van der Waals surface area contributed by atoms with Gasteiger partial charge in [0.05, 0.1) is 26.9 Å². The van der Waals surface area contributed by atoms with Crippen molar-refractivity contribution in [1.29, 1.82) is 0 Å². The van der Waals surface area contributed by atoms with E-state index in [1.807, 2.05) is 6.92 Å². The van der Waals surface area contributed by atoms with Crippen molar-refractivity contribution >= 4 is 5.97 Å². The number of nitrogens with zero attached hydrogens (tertiary/aromatic N) is 1. The Hall–Kier alpha value is -1.95. The van der Waals surface area contributed by atoms with Gasteiger partial charge in [-0.1, -0.05) is 0 Å². The zero-order chi connectivity index (χ0) is 16.8. The molecular formula is C17H25NO5. The predicted octanol–water partition coefficient (Wildman–Crippen LogP) is 2.35. The second-order valence-electron chi connectivity index (χ2n) is 5.64. The van der Waals surface area contributed by atoms with Gasteiger partial charge in [-0.05, 0) is 45.0 Å². The van der Waals surface area contributed by atoms with Crippen LogP contribution in [0.5, 0.6) is 17.2 Å². The van der Waals surface area contributed by atoms with Gasteiger partial charge in [-0.3, -0.25) is 4.90 Å². The molecule has 0 bridgehead atoms. The second-order valence-corrected chi connectivity index (χ2v) is 5.64. The molecule has 0 aliphatic carbocycles. The fourth-order valence-corrected chi connectivity index (χ4v) is 2.82. The third-order valence-corrected chi connectivity index (χ3v) is 3.92. The van der Waals surface area contributed by atoms with E-state index in [1.54, 1.807) is 12.1 Å². The molecule has 6 heteroatoms.